The summed E-state index contributed by atoms with van der Waals surface area (Å²) < 4.78 is 9.82. The summed E-state index contributed by atoms with van der Waals surface area (Å²) in [7, 11) is 1.53. The second kappa shape index (κ2) is 5.89. The predicted octanol–water partition coefficient (Wildman–Crippen LogP) is 0.769. The van der Waals surface area contributed by atoms with E-state index in [1.54, 1.807) is 6.92 Å². The topological polar surface area (TPSA) is 73.3 Å². The molecule has 0 bridgehead atoms. The Kier molecular flexibility index (Phi) is 4.50. The molecule has 1 aromatic heterocycles. The molecule has 0 fully saturated rings. The van der Waals surface area contributed by atoms with Crippen LogP contribution >= 0.6 is 0 Å². The zero-order valence-electron chi connectivity index (χ0n) is 9.61. The second-order valence-electron chi connectivity index (χ2n) is 3.02. The third kappa shape index (κ3) is 3.08. The number of esters is 1. The van der Waals surface area contributed by atoms with E-state index >= 15 is 0 Å². The maximum Gasteiger partial charge on any atom is 0.325 e. The maximum atomic E-state index is 11.1. The summed E-state index contributed by atoms with van der Waals surface area (Å²) in [4.78, 5) is 19.1. The van der Waals surface area contributed by atoms with Gasteiger partial charge in [-0.2, -0.15) is 0 Å². The van der Waals surface area contributed by atoms with Gasteiger partial charge >= 0.3 is 5.97 Å². The van der Waals surface area contributed by atoms with E-state index in [1.807, 2.05) is 6.92 Å². The molecule has 0 aliphatic heterocycles. The van der Waals surface area contributed by atoms with Crippen molar-refractivity contribution in [2.45, 2.75) is 13.8 Å². The predicted molar refractivity (Wildman–Crippen MR) is 58.4 cm³/mol. The molecule has 0 saturated heterocycles. The summed E-state index contributed by atoms with van der Waals surface area (Å²) in [5.41, 5.74) is 0.759. The van der Waals surface area contributed by atoms with Crippen LogP contribution in [0.2, 0.25) is 0 Å². The van der Waals surface area contributed by atoms with Crippen molar-refractivity contribution in [2.24, 2.45) is 0 Å². The van der Waals surface area contributed by atoms with Gasteiger partial charge in [0, 0.05) is 0 Å². The second-order valence-corrected chi connectivity index (χ2v) is 3.02. The number of hydrogen-bond donors (Lipinski definition) is 1. The fraction of sp³-hybridized carbons (Fsp3) is 0.500. The van der Waals surface area contributed by atoms with Crippen molar-refractivity contribution < 1.29 is 14.3 Å². The van der Waals surface area contributed by atoms with Crippen molar-refractivity contribution in [3.63, 3.8) is 0 Å². The van der Waals surface area contributed by atoms with Crippen molar-refractivity contribution in [3.8, 4) is 5.88 Å². The van der Waals surface area contributed by atoms with Gasteiger partial charge in [-0.15, -0.1) is 0 Å². The van der Waals surface area contributed by atoms with Crippen molar-refractivity contribution in [1.82, 2.24) is 9.97 Å². The van der Waals surface area contributed by atoms with Crippen molar-refractivity contribution >= 4 is 11.8 Å². The number of carbonyl (C=O) groups excluding carboxylic acids is 1. The van der Waals surface area contributed by atoms with Crippen molar-refractivity contribution in [1.29, 1.82) is 0 Å². The molecule has 16 heavy (non-hydrogen) atoms. The smallest absolute Gasteiger partial charge is 0.325 e. The number of nitrogens with one attached hydrogen (secondary N) is 1. The molecule has 6 heteroatoms. The Morgan fingerprint density at radius 1 is 1.50 bits per heavy atom. The molecule has 0 radical (unpaired) electrons. The lowest BCUT2D eigenvalue weighted by Crippen LogP contribution is -2.18. The average molecular weight is 225 g/mol. The van der Waals surface area contributed by atoms with E-state index < -0.39 is 0 Å². The number of anilines is 1. The highest BCUT2D eigenvalue weighted by molar-refractivity contribution is 5.74. The van der Waals surface area contributed by atoms with Crippen LogP contribution < -0.4 is 10.1 Å². The van der Waals surface area contributed by atoms with Gasteiger partial charge in [0.1, 0.15) is 18.7 Å². The van der Waals surface area contributed by atoms with Crippen LogP contribution in [0.5, 0.6) is 5.88 Å². The lowest BCUT2D eigenvalue weighted by Gasteiger charge is -2.09. The zero-order chi connectivity index (χ0) is 12.0. The summed E-state index contributed by atoms with van der Waals surface area (Å²) in [5, 5.41) is 2.87. The van der Waals surface area contributed by atoms with Crippen LogP contribution in [0.15, 0.2) is 6.33 Å². The Hall–Kier alpha value is -1.85. The van der Waals surface area contributed by atoms with Crippen LogP contribution in [0.25, 0.3) is 0 Å². The minimum absolute atomic E-state index is 0.0782. The Balaban J connectivity index is 2.63. The minimum atomic E-state index is -0.320. The van der Waals surface area contributed by atoms with Crippen LogP contribution in [-0.2, 0) is 9.53 Å². The van der Waals surface area contributed by atoms with Gasteiger partial charge in [0.15, 0.2) is 0 Å². The van der Waals surface area contributed by atoms with Gasteiger partial charge in [-0.25, -0.2) is 9.97 Å². The molecule has 1 aromatic rings. The van der Waals surface area contributed by atoms with Crippen LogP contribution in [0, 0.1) is 6.92 Å². The zero-order valence-corrected chi connectivity index (χ0v) is 9.61. The van der Waals surface area contributed by atoms with E-state index in [-0.39, 0.29) is 12.5 Å². The molecule has 0 aliphatic carbocycles. The summed E-state index contributed by atoms with van der Waals surface area (Å²) in [6.45, 7) is 4.02. The van der Waals surface area contributed by atoms with Gasteiger partial charge < -0.3 is 14.8 Å². The maximum absolute atomic E-state index is 11.1. The van der Waals surface area contributed by atoms with E-state index in [1.165, 1.54) is 13.4 Å². The van der Waals surface area contributed by atoms with E-state index in [4.69, 9.17) is 9.47 Å². The molecule has 88 valence electrons. The number of methoxy groups -OCH3 is 1. The molecular weight excluding hydrogens is 210 g/mol. The first kappa shape index (κ1) is 12.2. The number of carbonyl (C=O) groups is 1. The molecule has 0 aliphatic rings. The van der Waals surface area contributed by atoms with Crippen LogP contribution in [-0.4, -0.2) is 36.2 Å². The van der Waals surface area contributed by atoms with Gasteiger partial charge in [-0.3, -0.25) is 4.79 Å². The van der Waals surface area contributed by atoms with E-state index in [9.17, 15) is 4.79 Å². The summed E-state index contributed by atoms with van der Waals surface area (Å²) >= 11 is 0. The summed E-state index contributed by atoms with van der Waals surface area (Å²) in [5.74, 6) is 0.737. The molecule has 0 spiro atoms. The van der Waals surface area contributed by atoms with Crippen LogP contribution in [0.3, 0.4) is 0 Å². The minimum Gasteiger partial charge on any atom is -0.481 e. The normalized spacial score (nSPS) is 9.69. The van der Waals surface area contributed by atoms with Gasteiger partial charge in [0.25, 0.3) is 0 Å². The van der Waals surface area contributed by atoms with E-state index in [2.05, 4.69) is 15.3 Å². The molecule has 0 atom stereocenters. The van der Waals surface area contributed by atoms with Crippen molar-refractivity contribution in [3.05, 3.63) is 11.9 Å². The highest BCUT2D eigenvalue weighted by Crippen LogP contribution is 2.19. The monoisotopic (exact) mass is 225 g/mol. The van der Waals surface area contributed by atoms with Gasteiger partial charge in [0.05, 0.1) is 19.3 Å². The molecule has 1 heterocycles. The molecule has 1 N–H and O–H groups in total. The Morgan fingerprint density at radius 3 is 2.88 bits per heavy atom. The molecule has 0 aromatic carbocycles. The average Bonchev–Trinajstić information content (AvgIpc) is 2.28. The number of hydrogen-bond acceptors (Lipinski definition) is 6. The van der Waals surface area contributed by atoms with Gasteiger partial charge in [0.2, 0.25) is 5.88 Å². The number of aromatic nitrogens is 2. The quantitative estimate of drug-likeness (QED) is 0.746. The highest BCUT2D eigenvalue weighted by atomic mass is 16.5. The van der Waals surface area contributed by atoms with Gasteiger partial charge in [-0.05, 0) is 13.8 Å². The first-order valence-corrected chi connectivity index (χ1v) is 4.94. The third-order valence-electron chi connectivity index (χ3n) is 1.94. The fourth-order valence-electron chi connectivity index (χ4n) is 1.19. The Labute approximate surface area is 94.0 Å². The number of rotatable bonds is 5. The number of ether oxygens (including phenoxy) is 2. The largest absolute Gasteiger partial charge is 0.481 e. The van der Waals surface area contributed by atoms with E-state index in [0.717, 1.165) is 5.56 Å². The highest BCUT2D eigenvalue weighted by Gasteiger charge is 2.08. The standard InChI is InChI=1S/C10H15N3O3/c1-4-16-8(14)5-11-9-7(2)10(15-3)13-6-12-9/h6H,4-5H2,1-3H3,(H,11,12,13). The van der Waals surface area contributed by atoms with E-state index in [0.29, 0.717) is 18.3 Å². The first-order valence-electron chi connectivity index (χ1n) is 4.94. The molecule has 1 rings (SSSR count). The molecular formula is C10H15N3O3. The lowest BCUT2D eigenvalue weighted by molar-refractivity contribution is -0.140. The summed E-state index contributed by atoms with van der Waals surface area (Å²) in [6, 6.07) is 0. The summed E-state index contributed by atoms with van der Waals surface area (Å²) in [6.07, 6.45) is 1.37. The number of nitrogens with zero attached hydrogens (tertiary/aromatic N) is 2. The molecule has 6 nitrogen and oxygen atoms in total. The first-order chi connectivity index (χ1) is 7.69. The molecule has 0 amide bonds. The SMILES string of the molecule is CCOC(=O)CNc1ncnc(OC)c1C. The van der Waals surface area contributed by atoms with Crippen LogP contribution in [0.1, 0.15) is 12.5 Å². The molecule has 0 unspecified atom stereocenters. The van der Waals surface area contributed by atoms with Gasteiger partial charge in [-0.1, -0.05) is 0 Å². The molecule has 0 saturated carbocycles. The van der Waals surface area contributed by atoms with Crippen molar-refractivity contribution in [2.75, 3.05) is 25.6 Å². The lowest BCUT2D eigenvalue weighted by atomic mass is 10.3. The third-order valence-corrected chi connectivity index (χ3v) is 1.94. The fourth-order valence-corrected chi connectivity index (χ4v) is 1.19. The Morgan fingerprint density at radius 2 is 2.25 bits per heavy atom. The Bertz CT molecular complexity index is 368. The van der Waals surface area contributed by atoms with Crippen LogP contribution in [0.4, 0.5) is 5.82 Å².